The Bertz CT molecular complexity index is 887. The molecule has 0 fully saturated rings. The largest absolute Gasteiger partial charge is 0.378 e. The van der Waals surface area contributed by atoms with Gasteiger partial charge in [-0.1, -0.05) is 24.3 Å². The number of quaternary nitrogens is 1. The predicted octanol–water partition coefficient (Wildman–Crippen LogP) is 0.351. The minimum Gasteiger partial charge on any atom is -0.378 e. The highest BCUT2D eigenvalue weighted by molar-refractivity contribution is 6.22. The van der Waals surface area contributed by atoms with Gasteiger partial charge in [-0.15, -0.1) is 0 Å². The van der Waals surface area contributed by atoms with Gasteiger partial charge in [-0.25, -0.2) is 0 Å². The molecule has 1 atom stereocenters. The van der Waals surface area contributed by atoms with Gasteiger partial charge in [0, 0.05) is 25.3 Å². The van der Waals surface area contributed by atoms with E-state index < -0.39 is 11.8 Å². The predicted molar refractivity (Wildman–Crippen MR) is 111 cm³/mol. The van der Waals surface area contributed by atoms with Crippen molar-refractivity contribution in [3.8, 4) is 0 Å². The Morgan fingerprint density at radius 3 is 2.03 bits per heavy atom. The van der Waals surface area contributed by atoms with E-state index >= 15 is 0 Å². The molecular formula is C22H27N4O3+. The topological polar surface area (TPSA) is 74.2 Å². The molecule has 7 nitrogen and oxygen atoms in total. The summed E-state index contributed by atoms with van der Waals surface area (Å²) in [7, 11) is 8.04. The molecule has 0 saturated heterocycles. The third kappa shape index (κ3) is 4.30. The SMILES string of the molecule is CN(C)c1ccc([C@H](CNC(=O)CN2C(=O)c3ccccc3C2=O)[NH+](C)C)cc1. The van der Waals surface area contributed by atoms with E-state index in [4.69, 9.17) is 0 Å². The number of hydrogen-bond donors (Lipinski definition) is 2. The van der Waals surface area contributed by atoms with Gasteiger partial charge in [0.15, 0.2) is 0 Å². The highest BCUT2D eigenvalue weighted by atomic mass is 16.2. The third-order valence-electron chi connectivity index (χ3n) is 5.19. The molecule has 2 aromatic carbocycles. The van der Waals surface area contributed by atoms with Crippen LogP contribution >= 0.6 is 0 Å². The van der Waals surface area contributed by atoms with Gasteiger partial charge in [-0.05, 0) is 24.3 Å². The van der Waals surface area contributed by atoms with Crippen LogP contribution < -0.4 is 15.1 Å². The molecule has 0 bridgehead atoms. The Kier molecular flexibility index (Phi) is 5.98. The zero-order chi connectivity index (χ0) is 21.1. The lowest BCUT2D eigenvalue weighted by Crippen LogP contribution is -3.07. The van der Waals surface area contributed by atoms with E-state index in [-0.39, 0.29) is 18.5 Å². The normalized spacial score (nSPS) is 14.2. The molecule has 2 aromatic rings. The summed E-state index contributed by atoms with van der Waals surface area (Å²) in [6.07, 6.45) is 0. The molecule has 0 spiro atoms. The Morgan fingerprint density at radius 2 is 1.55 bits per heavy atom. The highest BCUT2D eigenvalue weighted by Gasteiger charge is 2.36. The first-order valence-electron chi connectivity index (χ1n) is 9.59. The third-order valence-corrected chi connectivity index (χ3v) is 5.19. The molecule has 7 heteroatoms. The van der Waals surface area contributed by atoms with Crippen LogP contribution in [0.5, 0.6) is 0 Å². The van der Waals surface area contributed by atoms with Crippen molar-refractivity contribution in [3.63, 3.8) is 0 Å². The van der Waals surface area contributed by atoms with E-state index in [1.165, 1.54) is 4.90 Å². The van der Waals surface area contributed by atoms with Gasteiger partial charge < -0.3 is 15.1 Å². The average molecular weight is 395 g/mol. The summed E-state index contributed by atoms with van der Waals surface area (Å²) in [6, 6.07) is 14.9. The molecule has 152 valence electrons. The molecule has 1 aliphatic heterocycles. The van der Waals surface area contributed by atoms with Crippen LogP contribution in [0.15, 0.2) is 48.5 Å². The zero-order valence-corrected chi connectivity index (χ0v) is 17.2. The number of likely N-dealkylation sites (N-methyl/N-ethyl adjacent to an activating group) is 1. The number of fused-ring (bicyclic) bond motifs is 1. The van der Waals surface area contributed by atoms with Crippen molar-refractivity contribution in [2.24, 2.45) is 0 Å². The van der Waals surface area contributed by atoms with E-state index in [0.29, 0.717) is 17.7 Å². The number of carbonyl (C=O) groups excluding carboxylic acids is 3. The minimum atomic E-state index is -0.421. The summed E-state index contributed by atoms with van der Waals surface area (Å²) < 4.78 is 0. The molecule has 0 radical (unpaired) electrons. The van der Waals surface area contributed by atoms with Crippen LogP contribution in [-0.2, 0) is 4.79 Å². The summed E-state index contributed by atoms with van der Waals surface area (Å²) in [6.45, 7) is 0.132. The summed E-state index contributed by atoms with van der Waals surface area (Å²) in [4.78, 5) is 41.5. The van der Waals surface area contributed by atoms with Crippen LogP contribution in [0, 0.1) is 0 Å². The second kappa shape index (κ2) is 8.45. The van der Waals surface area contributed by atoms with Gasteiger partial charge in [-0.2, -0.15) is 0 Å². The van der Waals surface area contributed by atoms with Gasteiger partial charge in [0.25, 0.3) is 11.8 Å². The highest BCUT2D eigenvalue weighted by Crippen LogP contribution is 2.22. The van der Waals surface area contributed by atoms with Crippen molar-refractivity contribution >= 4 is 23.4 Å². The lowest BCUT2D eigenvalue weighted by molar-refractivity contribution is -0.890. The zero-order valence-electron chi connectivity index (χ0n) is 17.2. The molecule has 0 saturated carbocycles. The van der Waals surface area contributed by atoms with E-state index in [9.17, 15) is 14.4 Å². The number of carbonyl (C=O) groups is 3. The minimum absolute atomic E-state index is 0.0531. The standard InChI is InChI=1S/C22H26N4O3/c1-24(2)16-11-9-15(10-12-16)19(25(3)4)13-23-20(27)14-26-21(28)17-7-5-6-8-18(17)22(26)29/h5-12,19H,13-14H2,1-4H3,(H,23,27)/p+1/t19-/m0/s1. The fraction of sp³-hybridized carbons (Fsp3) is 0.318. The fourth-order valence-electron chi connectivity index (χ4n) is 3.46. The van der Waals surface area contributed by atoms with Crippen molar-refractivity contribution in [2.45, 2.75) is 6.04 Å². The number of anilines is 1. The van der Waals surface area contributed by atoms with Gasteiger partial charge in [-0.3, -0.25) is 19.3 Å². The molecule has 2 N–H and O–H groups in total. The number of imide groups is 1. The number of rotatable bonds is 7. The molecule has 3 amide bonds. The van der Waals surface area contributed by atoms with Crippen LogP contribution in [0.1, 0.15) is 32.3 Å². The van der Waals surface area contributed by atoms with Crippen molar-refractivity contribution in [2.75, 3.05) is 46.2 Å². The number of benzene rings is 2. The second-order valence-electron chi connectivity index (χ2n) is 7.66. The molecule has 1 heterocycles. The van der Waals surface area contributed by atoms with Crippen molar-refractivity contribution < 1.29 is 19.3 Å². The maximum Gasteiger partial charge on any atom is 0.262 e. The van der Waals surface area contributed by atoms with Crippen LogP contribution in [0.25, 0.3) is 0 Å². The molecule has 3 rings (SSSR count). The van der Waals surface area contributed by atoms with Crippen molar-refractivity contribution in [1.82, 2.24) is 10.2 Å². The number of nitrogens with zero attached hydrogens (tertiary/aromatic N) is 2. The van der Waals surface area contributed by atoms with Gasteiger partial charge >= 0.3 is 0 Å². The van der Waals surface area contributed by atoms with Crippen LogP contribution in [-0.4, -0.2) is 63.9 Å². The van der Waals surface area contributed by atoms with E-state index in [2.05, 4.69) is 17.4 Å². The van der Waals surface area contributed by atoms with Crippen LogP contribution in [0.4, 0.5) is 5.69 Å². The van der Waals surface area contributed by atoms with Gasteiger partial charge in [0.1, 0.15) is 12.6 Å². The monoisotopic (exact) mass is 395 g/mol. The maximum atomic E-state index is 12.5. The maximum absolute atomic E-state index is 12.5. The number of amides is 3. The Balaban J connectivity index is 1.63. The Morgan fingerprint density at radius 1 is 1.00 bits per heavy atom. The van der Waals surface area contributed by atoms with E-state index in [1.54, 1.807) is 24.3 Å². The van der Waals surface area contributed by atoms with Crippen LogP contribution in [0.3, 0.4) is 0 Å². The quantitative estimate of drug-likeness (QED) is 0.664. The number of hydrogen-bond acceptors (Lipinski definition) is 4. The lowest BCUT2D eigenvalue weighted by Gasteiger charge is -2.23. The van der Waals surface area contributed by atoms with Crippen molar-refractivity contribution in [3.05, 3.63) is 65.2 Å². The smallest absolute Gasteiger partial charge is 0.262 e. The Labute approximate surface area is 170 Å². The number of nitrogens with one attached hydrogen (secondary N) is 2. The van der Waals surface area contributed by atoms with E-state index in [0.717, 1.165) is 16.2 Å². The van der Waals surface area contributed by atoms with Gasteiger partial charge in [0.05, 0.1) is 31.8 Å². The summed E-state index contributed by atoms with van der Waals surface area (Å²) in [5.74, 6) is -1.19. The molecule has 0 aliphatic carbocycles. The average Bonchev–Trinajstić information content (AvgIpc) is 2.93. The fourth-order valence-corrected chi connectivity index (χ4v) is 3.46. The Hall–Kier alpha value is -3.19. The molecular weight excluding hydrogens is 368 g/mol. The second-order valence-corrected chi connectivity index (χ2v) is 7.66. The first-order valence-corrected chi connectivity index (χ1v) is 9.59. The summed E-state index contributed by atoms with van der Waals surface area (Å²) in [5, 5.41) is 2.88. The van der Waals surface area contributed by atoms with Crippen LogP contribution in [0.2, 0.25) is 0 Å². The summed E-state index contributed by atoms with van der Waals surface area (Å²) >= 11 is 0. The lowest BCUT2D eigenvalue weighted by atomic mass is 10.1. The summed E-state index contributed by atoms with van der Waals surface area (Å²) in [5.41, 5.74) is 2.91. The molecule has 0 aromatic heterocycles. The van der Waals surface area contributed by atoms with E-state index in [1.807, 2.05) is 45.2 Å². The van der Waals surface area contributed by atoms with Crippen molar-refractivity contribution in [1.29, 1.82) is 0 Å². The molecule has 1 aliphatic rings. The van der Waals surface area contributed by atoms with Gasteiger partial charge in [0.2, 0.25) is 5.91 Å². The first kappa shape index (κ1) is 20.5. The molecule has 0 unspecified atom stereocenters. The first-order chi connectivity index (χ1) is 13.8. The molecule has 29 heavy (non-hydrogen) atoms.